The average Bonchev–Trinajstić information content (AvgIpc) is 2.55. The Morgan fingerprint density at radius 1 is 1.00 bits per heavy atom. The van der Waals surface area contributed by atoms with Gasteiger partial charge in [-0.25, -0.2) is 0 Å². The van der Waals surface area contributed by atoms with Gasteiger partial charge in [0.2, 0.25) is 0 Å². The molecular formula is C21H32O4. The highest BCUT2D eigenvalue weighted by Gasteiger charge is 2.20. The fraction of sp³-hybridized carbons (Fsp3) is 0.619. The van der Waals surface area contributed by atoms with E-state index in [1.54, 1.807) is 6.92 Å². The van der Waals surface area contributed by atoms with Crippen LogP contribution < -0.4 is 0 Å². The Morgan fingerprint density at radius 2 is 1.68 bits per heavy atom. The van der Waals surface area contributed by atoms with Gasteiger partial charge in [-0.1, -0.05) is 51.1 Å². The third-order valence-electron chi connectivity index (χ3n) is 4.25. The number of carbonyl (C=O) groups is 2. The number of hydrogen-bond acceptors (Lipinski definition) is 4. The predicted octanol–water partition coefficient (Wildman–Crippen LogP) is 4.41. The van der Waals surface area contributed by atoms with E-state index in [0.29, 0.717) is 31.7 Å². The van der Waals surface area contributed by atoms with Crippen molar-refractivity contribution >= 4 is 11.8 Å². The number of benzene rings is 1. The van der Waals surface area contributed by atoms with Crippen molar-refractivity contribution in [2.75, 3.05) is 13.2 Å². The number of ether oxygens (including phenoxy) is 2. The lowest BCUT2D eigenvalue weighted by molar-refractivity contribution is -0.146. The van der Waals surface area contributed by atoms with Crippen molar-refractivity contribution in [2.45, 2.75) is 53.6 Å². The molecule has 0 aliphatic carbocycles. The summed E-state index contributed by atoms with van der Waals surface area (Å²) in [6, 6.07) is 10.1. The molecule has 0 unspecified atom stereocenters. The van der Waals surface area contributed by atoms with Crippen LogP contribution in [0, 0.1) is 17.8 Å². The summed E-state index contributed by atoms with van der Waals surface area (Å²) in [5, 5.41) is 0. The Kier molecular flexibility index (Phi) is 10.1. The minimum Gasteiger partial charge on any atom is -0.466 e. The van der Waals surface area contributed by atoms with Crippen molar-refractivity contribution in [3.63, 3.8) is 0 Å². The first-order valence-electron chi connectivity index (χ1n) is 9.22. The minimum absolute atomic E-state index is 0.0294. The van der Waals surface area contributed by atoms with Gasteiger partial charge in [-0.05, 0) is 37.2 Å². The zero-order chi connectivity index (χ0) is 18.7. The normalized spacial score (nSPS) is 14.6. The first-order valence-corrected chi connectivity index (χ1v) is 9.22. The molecule has 4 heteroatoms. The maximum atomic E-state index is 12.1. The van der Waals surface area contributed by atoms with E-state index in [4.69, 9.17) is 9.47 Å². The monoisotopic (exact) mass is 348 g/mol. The molecule has 0 aromatic heterocycles. The Bertz CT molecular complexity index is 512. The molecule has 0 bridgehead atoms. The van der Waals surface area contributed by atoms with Gasteiger partial charge in [-0.3, -0.25) is 9.59 Å². The van der Waals surface area contributed by atoms with Crippen LogP contribution in [-0.2, 0) is 25.7 Å². The Morgan fingerprint density at radius 3 is 2.32 bits per heavy atom. The molecule has 0 radical (unpaired) electrons. The van der Waals surface area contributed by atoms with Crippen molar-refractivity contribution in [3.05, 3.63) is 35.9 Å². The minimum atomic E-state index is -0.422. The lowest BCUT2D eigenvalue weighted by atomic mass is 9.87. The van der Waals surface area contributed by atoms with Crippen LogP contribution in [0.4, 0.5) is 0 Å². The standard InChI is InChI=1S/C21H32O4/c1-5-25-21(23)13-20(22)18(4)12-16(2)11-17(3)14-24-15-19-9-7-6-8-10-19/h6-10,16-18H,5,11-15H2,1-4H3/t16-,17+,18-/m1/s1. The van der Waals surface area contributed by atoms with Crippen molar-refractivity contribution in [1.29, 1.82) is 0 Å². The largest absolute Gasteiger partial charge is 0.466 e. The molecule has 1 aromatic rings. The molecule has 1 aromatic carbocycles. The summed E-state index contributed by atoms with van der Waals surface area (Å²) in [6.07, 6.45) is 1.69. The molecule has 0 amide bonds. The topological polar surface area (TPSA) is 52.6 Å². The second-order valence-electron chi connectivity index (χ2n) is 7.03. The molecule has 0 fully saturated rings. The summed E-state index contributed by atoms with van der Waals surface area (Å²) >= 11 is 0. The van der Waals surface area contributed by atoms with Gasteiger partial charge in [0.15, 0.2) is 0 Å². The van der Waals surface area contributed by atoms with Gasteiger partial charge in [0.25, 0.3) is 0 Å². The maximum Gasteiger partial charge on any atom is 0.313 e. The van der Waals surface area contributed by atoms with Gasteiger partial charge in [-0.15, -0.1) is 0 Å². The highest BCUT2D eigenvalue weighted by Crippen LogP contribution is 2.21. The summed E-state index contributed by atoms with van der Waals surface area (Å²) in [7, 11) is 0. The van der Waals surface area contributed by atoms with Crippen LogP contribution in [-0.4, -0.2) is 25.0 Å². The molecule has 0 saturated heterocycles. The summed E-state index contributed by atoms with van der Waals surface area (Å²) in [6.45, 7) is 9.63. The molecule has 140 valence electrons. The van der Waals surface area contributed by atoms with Gasteiger partial charge in [-0.2, -0.15) is 0 Å². The van der Waals surface area contributed by atoms with Gasteiger partial charge in [0.1, 0.15) is 12.2 Å². The fourth-order valence-electron chi connectivity index (χ4n) is 3.07. The molecule has 0 N–H and O–H groups in total. The number of rotatable bonds is 12. The van der Waals surface area contributed by atoms with Crippen LogP contribution in [0.15, 0.2) is 30.3 Å². The third-order valence-corrected chi connectivity index (χ3v) is 4.25. The van der Waals surface area contributed by atoms with Gasteiger partial charge in [0.05, 0.1) is 13.2 Å². The number of carbonyl (C=O) groups excluding carboxylic acids is 2. The lowest BCUT2D eigenvalue weighted by Gasteiger charge is -2.20. The molecule has 0 saturated carbocycles. The van der Waals surface area contributed by atoms with Gasteiger partial charge >= 0.3 is 5.97 Å². The molecule has 3 atom stereocenters. The van der Waals surface area contributed by atoms with Crippen LogP contribution in [0.25, 0.3) is 0 Å². The fourth-order valence-corrected chi connectivity index (χ4v) is 3.07. The van der Waals surface area contributed by atoms with E-state index in [1.165, 1.54) is 5.56 Å². The van der Waals surface area contributed by atoms with Crippen LogP contribution in [0.1, 0.15) is 52.5 Å². The highest BCUT2D eigenvalue weighted by atomic mass is 16.5. The van der Waals surface area contributed by atoms with E-state index in [2.05, 4.69) is 26.0 Å². The Hall–Kier alpha value is -1.68. The van der Waals surface area contributed by atoms with Crippen molar-refractivity contribution in [2.24, 2.45) is 17.8 Å². The summed E-state index contributed by atoms with van der Waals surface area (Å²) in [5.74, 6) is 0.285. The number of ketones is 1. The smallest absolute Gasteiger partial charge is 0.313 e. The van der Waals surface area contributed by atoms with Crippen LogP contribution in [0.2, 0.25) is 0 Å². The van der Waals surface area contributed by atoms with Crippen LogP contribution in [0.3, 0.4) is 0 Å². The molecule has 4 nitrogen and oxygen atoms in total. The number of Topliss-reactive ketones (excluding diaryl/α,β-unsaturated/α-hetero) is 1. The zero-order valence-corrected chi connectivity index (χ0v) is 16.0. The second-order valence-corrected chi connectivity index (χ2v) is 7.03. The van der Waals surface area contributed by atoms with E-state index < -0.39 is 5.97 Å². The van der Waals surface area contributed by atoms with Gasteiger partial charge < -0.3 is 9.47 Å². The van der Waals surface area contributed by atoms with Crippen molar-refractivity contribution in [1.82, 2.24) is 0 Å². The first-order chi connectivity index (χ1) is 11.9. The summed E-state index contributed by atoms with van der Waals surface area (Å²) in [4.78, 5) is 23.5. The zero-order valence-electron chi connectivity index (χ0n) is 16.0. The van der Waals surface area contributed by atoms with Crippen LogP contribution >= 0.6 is 0 Å². The highest BCUT2D eigenvalue weighted by molar-refractivity contribution is 5.96. The molecule has 0 aliphatic heterocycles. The molecule has 0 aliphatic rings. The second kappa shape index (κ2) is 11.8. The van der Waals surface area contributed by atoms with E-state index >= 15 is 0 Å². The average molecular weight is 348 g/mol. The number of hydrogen-bond donors (Lipinski definition) is 0. The van der Waals surface area contributed by atoms with Crippen LogP contribution in [0.5, 0.6) is 0 Å². The van der Waals surface area contributed by atoms with Gasteiger partial charge in [0, 0.05) is 12.5 Å². The first kappa shape index (κ1) is 21.4. The van der Waals surface area contributed by atoms with E-state index in [1.807, 2.05) is 25.1 Å². The lowest BCUT2D eigenvalue weighted by Crippen LogP contribution is -2.20. The van der Waals surface area contributed by atoms with E-state index in [-0.39, 0.29) is 18.1 Å². The molecule has 25 heavy (non-hydrogen) atoms. The van der Waals surface area contributed by atoms with E-state index in [0.717, 1.165) is 12.8 Å². The maximum absolute atomic E-state index is 12.1. The van der Waals surface area contributed by atoms with E-state index in [9.17, 15) is 9.59 Å². The third kappa shape index (κ3) is 9.40. The Labute approximate surface area is 151 Å². The quantitative estimate of drug-likeness (QED) is 0.415. The van der Waals surface area contributed by atoms with Crippen molar-refractivity contribution in [3.8, 4) is 0 Å². The molecule has 0 heterocycles. The van der Waals surface area contributed by atoms with Crippen molar-refractivity contribution < 1.29 is 19.1 Å². The Balaban J connectivity index is 2.24. The molecule has 1 rings (SSSR count). The molecule has 0 spiro atoms. The summed E-state index contributed by atoms with van der Waals surface area (Å²) in [5.41, 5.74) is 1.18. The summed E-state index contributed by atoms with van der Waals surface area (Å²) < 4.78 is 10.6. The SMILES string of the molecule is CCOC(=O)CC(=O)[C@H](C)C[C@H](C)C[C@H](C)COCc1ccccc1. The predicted molar refractivity (Wildman–Crippen MR) is 99.1 cm³/mol. The molecular weight excluding hydrogens is 316 g/mol. The number of esters is 1.